The summed E-state index contributed by atoms with van der Waals surface area (Å²) < 4.78 is 0. The maximum Gasteiger partial charge on any atom is 0.159 e. The standard InChI is InChI=1S/C10H10O/c11-9-4-3-8-6-1-2-7(5-6)10(8)9/h1-2,6,8H,3-5H2. The molecule has 3 aliphatic carbocycles. The van der Waals surface area contributed by atoms with Crippen LogP contribution in [0.1, 0.15) is 19.3 Å². The molecule has 0 aromatic rings. The predicted octanol–water partition coefficient (Wildman–Crippen LogP) is 1.85. The molecular weight excluding hydrogens is 136 g/mol. The van der Waals surface area contributed by atoms with Crippen molar-refractivity contribution in [1.29, 1.82) is 0 Å². The molecule has 0 heterocycles. The maximum absolute atomic E-state index is 11.4. The van der Waals surface area contributed by atoms with Gasteiger partial charge in [0.15, 0.2) is 5.78 Å². The summed E-state index contributed by atoms with van der Waals surface area (Å²) in [7, 11) is 0. The Bertz CT molecular complexity index is 296. The lowest BCUT2D eigenvalue weighted by Gasteiger charge is -2.11. The lowest BCUT2D eigenvalue weighted by atomic mass is 9.92. The maximum atomic E-state index is 11.4. The van der Waals surface area contributed by atoms with Crippen molar-refractivity contribution >= 4 is 5.78 Å². The van der Waals surface area contributed by atoms with Gasteiger partial charge in [-0.2, -0.15) is 0 Å². The Labute approximate surface area is 65.8 Å². The molecule has 0 radical (unpaired) electrons. The topological polar surface area (TPSA) is 17.1 Å². The normalized spacial score (nSPS) is 39.1. The molecule has 3 aliphatic rings. The number of fused-ring (bicyclic) bond motifs is 4. The van der Waals surface area contributed by atoms with Gasteiger partial charge in [0.2, 0.25) is 0 Å². The van der Waals surface area contributed by atoms with Gasteiger partial charge in [0, 0.05) is 12.0 Å². The fraction of sp³-hybridized carbons (Fsp3) is 0.500. The summed E-state index contributed by atoms with van der Waals surface area (Å²) in [6, 6.07) is 0. The van der Waals surface area contributed by atoms with Crippen molar-refractivity contribution in [3.63, 3.8) is 0 Å². The van der Waals surface area contributed by atoms with Crippen molar-refractivity contribution in [3.05, 3.63) is 23.3 Å². The van der Waals surface area contributed by atoms with E-state index in [2.05, 4.69) is 12.2 Å². The van der Waals surface area contributed by atoms with Gasteiger partial charge in [0.25, 0.3) is 0 Å². The number of hydrogen-bond acceptors (Lipinski definition) is 1. The van der Waals surface area contributed by atoms with Crippen molar-refractivity contribution in [2.24, 2.45) is 11.8 Å². The molecule has 2 atom stereocenters. The number of ketones is 1. The smallest absolute Gasteiger partial charge is 0.159 e. The van der Waals surface area contributed by atoms with Crippen LogP contribution in [0.3, 0.4) is 0 Å². The van der Waals surface area contributed by atoms with E-state index in [4.69, 9.17) is 0 Å². The van der Waals surface area contributed by atoms with Gasteiger partial charge < -0.3 is 0 Å². The van der Waals surface area contributed by atoms with Gasteiger partial charge in [-0.1, -0.05) is 12.2 Å². The monoisotopic (exact) mass is 146 g/mol. The second-order valence-electron chi connectivity index (χ2n) is 3.73. The second-order valence-corrected chi connectivity index (χ2v) is 3.73. The van der Waals surface area contributed by atoms with Crippen molar-refractivity contribution in [2.45, 2.75) is 19.3 Å². The molecule has 2 bridgehead atoms. The number of carbonyl (C=O) groups is 1. The molecule has 3 rings (SSSR count). The number of carbonyl (C=O) groups excluding carboxylic acids is 1. The predicted molar refractivity (Wildman–Crippen MR) is 42.0 cm³/mol. The average Bonchev–Trinajstić information content (AvgIpc) is 2.60. The van der Waals surface area contributed by atoms with E-state index in [9.17, 15) is 4.79 Å². The van der Waals surface area contributed by atoms with Crippen molar-refractivity contribution in [2.75, 3.05) is 0 Å². The minimum absolute atomic E-state index is 0.428. The lowest BCUT2D eigenvalue weighted by molar-refractivity contribution is -0.114. The van der Waals surface area contributed by atoms with Crippen LogP contribution in [0.5, 0.6) is 0 Å². The van der Waals surface area contributed by atoms with Crippen LogP contribution >= 0.6 is 0 Å². The largest absolute Gasteiger partial charge is 0.295 e. The highest BCUT2D eigenvalue weighted by Gasteiger charge is 2.42. The Kier molecular flexibility index (Phi) is 0.867. The van der Waals surface area contributed by atoms with E-state index in [1.54, 1.807) is 0 Å². The first-order chi connectivity index (χ1) is 5.36. The fourth-order valence-corrected chi connectivity index (χ4v) is 2.72. The average molecular weight is 146 g/mol. The van der Waals surface area contributed by atoms with Gasteiger partial charge in [-0.3, -0.25) is 4.79 Å². The molecule has 0 N–H and O–H groups in total. The molecule has 0 aliphatic heterocycles. The highest BCUT2D eigenvalue weighted by molar-refractivity contribution is 6.00. The molecule has 0 amide bonds. The van der Waals surface area contributed by atoms with Crippen LogP contribution < -0.4 is 0 Å². The first-order valence-corrected chi connectivity index (χ1v) is 4.31. The third-order valence-corrected chi connectivity index (χ3v) is 3.22. The first kappa shape index (κ1) is 5.76. The van der Waals surface area contributed by atoms with Crippen LogP contribution in [0, 0.1) is 11.8 Å². The molecule has 0 aromatic heterocycles. The zero-order chi connectivity index (χ0) is 7.42. The van der Waals surface area contributed by atoms with Gasteiger partial charge in [0.05, 0.1) is 0 Å². The van der Waals surface area contributed by atoms with E-state index >= 15 is 0 Å². The molecule has 1 heteroatoms. The summed E-state index contributed by atoms with van der Waals surface area (Å²) >= 11 is 0. The molecule has 0 saturated heterocycles. The van der Waals surface area contributed by atoms with Crippen molar-refractivity contribution in [1.82, 2.24) is 0 Å². The molecule has 0 aromatic carbocycles. The molecule has 1 nitrogen and oxygen atoms in total. The molecule has 2 unspecified atom stereocenters. The van der Waals surface area contributed by atoms with Crippen molar-refractivity contribution < 1.29 is 4.79 Å². The molecular formula is C10H10O. The number of Topliss-reactive ketones (excluding diaryl/α,β-unsaturated/α-hetero) is 1. The minimum Gasteiger partial charge on any atom is -0.295 e. The van der Waals surface area contributed by atoms with Gasteiger partial charge >= 0.3 is 0 Å². The highest BCUT2D eigenvalue weighted by atomic mass is 16.1. The zero-order valence-electron chi connectivity index (χ0n) is 6.34. The SMILES string of the molecule is O=C1CCC2C1=C1C=CC2C1. The quantitative estimate of drug-likeness (QED) is 0.509. The lowest BCUT2D eigenvalue weighted by Crippen LogP contribution is -2.05. The van der Waals surface area contributed by atoms with E-state index < -0.39 is 0 Å². The van der Waals surface area contributed by atoms with Gasteiger partial charge in [-0.05, 0) is 30.3 Å². The van der Waals surface area contributed by atoms with Crippen LogP contribution in [0.15, 0.2) is 23.3 Å². The zero-order valence-corrected chi connectivity index (χ0v) is 6.34. The Morgan fingerprint density at radius 3 is 3.18 bits per heavy atom. The highest BCUT2D eigenvalue weighted by Crippen LogP contribution is 2.49. The van der Waals surface area contributed by atoms with Crippen LogP contribution in [0.4, 0.5) is 0 Å². The Hall–Kier alpha value is -0.850. The van der Waals surface area contributed by atoms with Crippen LogP contribution in [-0.4, -0.2) is 5.78 Å². The summed E-state index contributed by atoms with van der Waals surface area (Å²) in [5.74, 6) is 1.76. The minimum atomic E-state index is 0.428. The van der Waals surface area contributed by atoms with Gasteiger partial charge in [0.1, 0.15) is 0 Å². The molecule has 11 heavy (non-hydrogen) atoms. The Balaban J connectivity index is 2.19. The molecule has 1 saturated carbocycles. The van der Waals surface area contributed by atoms with E-state index in [0.717, 1.165) is 19.3 Å². The number of hydrogen-bond donors (Lipinski definition) is 0. The second kappa shape index (κ2) is 1.66. The van der Waals surface area contributed by atoms with Crippen molar-refractivity contribution in [3.8, 4) is 0 Å². The summed E-state index contributed by atoms with van der Waals surface area (Å²) in [5.41, 5.74) is 2.54. The number of allylic oxidation sites excluding steroid dienone is 4. The Morgan fingerprint density at radius 1 is 1.45 bits per heavy atom. The summed E-state index contributed by atoms with van der Waals surface area (Å²) in [5, 5.41) is 0. The van der Waals surface area contributed by atoms with Gasteiger partial charge in [-0.15, -0.1) is 0 Å². The van der Waals surface area contributed by atoms with E-state index in [-0.39, 0.29) is 0 Å². The first-order valence-electron chi connectivity index (χ1n) is 4.31. The van der Waals surface area contributed by atoms with Gasteiger partial charge in [-0.25, -0.2) is 0 Å². The third kappa shape index (κ3) is 0.550. The van der Waals surface area contributed by atoms with E-state index in [1.165, 1.54) is 11.1 Å². The van der Waals surface area contributed by atoms with Crippen LogP contribution in [0.2, 0.25) is 0 Å². The van der Waals surface area contributed by atoms with E-state index in [1.807, 2.05) is 0 Å². The Morgan fingerprint density at radius 2 is 2.36 bits per heavy atom. The van der Waals surface area contributed by atoms with E-state index in [0.29, 0.717) is 17.6 Å². The fourth-order valence-electron chi connectivity index (χ4n) is 2.72. The van der Waals surface area contributed by atoms with Crippen LogP contribution in [0.25, 0.3) is 0 Å². The third-order valence-electron chi connectivity index (χ3n) is 3.22. The number of rotatable bonds is 0. The molecule has 0 spiro atoms. The van der Waals surface area contributed by atoms with Crippen LogP contribution in [-0.2, 0) is 4.79 Å². The molecule has 56 valence electrons. The summed E-state index contributed by atoms with van der Waals surface area (Å²) in [4.78, 5) is 11.4. The molecule has 1 fully saturated rings. The summed E-state index contributed by atoms with van der Waals surface area (Å²) in [6.45, 7) is 0. The summed E-state index contributed by atoms with van der Waals surface area (Å²) in [6.07, 6.45) is 7.52.